The van der Waals surface area contributed by atoms with Gasteiger partial charge in [-0.2, -0.15) is 0 Å². The molecule has 1 aliphatic heterocycles. The van der Waals surface area contributed by atoms with E-state index in [1.54, 1.807) is 0 Å². The first kappa shape index (κ1) is 14.5. The Morgan fingerprint density at radius 3 is 3.00 bits per heavy atom. The fourth-order valence-electron chi connectivity index (χ4n) is 3.70. The molecule has 0 unspecified atom stereocenters. The van der Waals surface area contributed by atoms with Crippen LogP contribution in [0.15, 0.2) is 36.7 Å². The average molecular weight is 305 g/mol. The Hall–Kier alpha value is -2.13. The first-order valence-electron chi connectivity index (χ1n) is 8.41. The van der Waals surface area contributed by atoms with Crippen molar-refractivity contribution in [2.75, 3.05) is 13.6 Å². The van der Waals surface area contributed by atoms with Gasteiger partial charge in [0.25, 0.3) is 0 Å². The first-order valence-corrected chi connectivity index (χ1v) is 8.41. The molecule has 2 aromatic heterocycles. The maximum absolute atomic E-state index is 4.22. The standard InChI is InChI=1S/C20H23N3/c1-14-10-16(6-5-15-4-3-8-21-12-15)20-17(11-14)18-13-23(2)9-7-19(18)22-20/h3-4,8,10-12,22H,5-7,9,13H2,1-2H3. The lowest BCUT2D eigenvalue weighted by molar-refractivity contribution is 0.313. The number of nitrogens with zero attached hydrogens (tertiary/aromatic N) is 2. The smallest absolute Gasteiger partial charge is 0.0492 e. The Morgan fingerprint density at radius 2 is 2.17 bits per heavy atom. The van der Waals surface area contributed by atoms with Gasteiger partial charge in [-0.15, -0.1) is 0 Å². The second kappa shape index (κ2) is 5.82. The van der Waals surface area contributed by atoms with E-state index in [1.807, 2.05) is 18.5 Å². The molecule has 0 atom stereocenters. The third-order valence-electron chi connectivity index (χ3n) is 4.91. The number of benzene rings is 1. The number of pyridine rings is 1. The molecule has 0 amide bonds. The number of nitrogens with one attached hydrogen (secondary N) is 1. The Bertz CT molecular complexity index is 833. The monoisotopic (exact) mass is 305 g/mol. The van der Waals surface area contributed by atoms with Crippen molar-refractivity contribution in [3.63, 3.8) is 0 Å². The van der Waals surface area contributed by atoms with Crippen LogP contribution in [0.1, 0.15) is 27.9 Å². The van der Waals surface area contributed by atoms with Crippen molar-refractivity contribution in [1.29, 1.82) is 0 Å². The number of hydrogen-bond donors (Lipinski definition) is 1. The van der Waals surface area contributed by atoms with Gasteiger partial charge < -0.3 is 9.88 Å². The van der Waals surface area contributed by atoms with E-state index in [-0.39, 0.29) is 0 Å². The minimum Gasteiger partial charge on any atom is -0.358 e. The molecule has 118 valence electrons. The molecule has 0 aliphatic carbocycles. The van der Waals surface area contributed by atoms with E-state index in [0.29, 0.717) is 0 Å². The number of H-pyrrole nitrogens is 1. The van der Waals surface area contributed by atoms with Gasteiger partial charge in [-0.1, -0.05) is 17.7 Å². The van der Waals surface area contributed by atoms with Crippen molar-refractivity contribution in [1.82, 2.24) is 14.9 Å². The van der Waals surface area contributed by atoms with E-state index in [9.17, 15) is 0 Å². The number of rotatable bonds is 3. The summed E-state index contributed by atoms with van der Waals surface area (Å²) in [6, 6.07) is 8.86. The summed E-state index contributed by atoms with van der Waals surface area (Å²) in [6.45, 7) is 4.41. The van der Waals surface area contributed by atoms with Gasteiger partial charge in [0.1, 0.15) is 0 Å². The van der Waals surface area contributed by atoms with Gasteiger partial charge in [-0.3, -0.25) is 4.98 Å². The summed E-state index contributed by atoms with van der Waals surface area (Å²) < 4.78 is 0. The number of hydrogen-bond acceptors (Lipinski definition) is 2. The number of fused-ring (bicyclic) bond motifs is 3. The maximum atomic E-state index is 4.22. The second-order valence-electron chi connectivity index (χ2n) is 6.78. The van der Waals surface area contributed by atoms with Gasteiger partial charge in [0.15, 0.2) is 0 Å². The average Bonchev–Trinajstić information content (AvgIpc) is 2.91. The van der Waals surface area contributed by atoms with Crippen molar-refractivity contribution < 1.29 is 0 Å². The Morgan fingerprint density at radius 1 is 1.26 bits per heavy atom. The lowest BCUT2D eigenvalue weighted by atomic mass is 9.98. The van der Waals surface area contributed by atoms with Crippen molar-refractivity contribution in [3.05, 3.63) is 64.6 Å². The molecule has 1 aliphatic rings. The van der Waals surface area contributed by atoms with Gasteiger partial charge in [-0.25, -0.2) is 0 Å². The van der Waals surface area contributed by atoms with Crippen molar-refractivity contribution in [3.8, 4) is 0 Å². The third kappa shape index (κ3) is 2.77. The molecular formula is C20H23N3. The zero-order valence-electron chi connectivity index (χ0n) is 13.9. The van der Waals surface area contributed by atoms with Crippen LogP contribution in [0.3, 0.4) is 0 Å². The van der Waals surface area contributed by atoms with Crippen LogP contribution in [0.4, 0.5) is 0 Å². The molecule has 0 radical (unpaired) electrons. The maximum Gasteiger partial charge on any atom is 0.0492 e. The van der Waals surface area contributed by atoms with Crippen molar-refractivity contribution >= 4 is 10.9 Å². The molecule has 3 heterocycles. The van der Waals surface area contributed by atoms with Gasteiger partial charge in [0.2, 0.25) is 0 Å². The summed E-state index contributed by atoms with van der Waals surface area (Å²) >= 11 is 0. The third-order valence-corrected chi connectivity index (χ3v) is 4.91. The molecule has 0 spiro atoms. The zero-order valence-corrected chi connectivity index (χ0v) is 13.9. The summed E-state index contributed by atoms with van der Waals surface area (Å²) in [5.41, 5.74) is 8.37. The Kier molecular flexibility index (Phi) is 3.66. The van der Waals surface area contributed by atoms with E-state index in [2.05, 4.69) is 47.0 Å². The molecular weight excluding hydrogens is 282 g/mol. The van der Waals surface area contributed by atoms with Crippen LogP contribution in [0.2, 0.25) is 0 Å². The Balaban J connectivity index is 1.72. The molecule has 1 N–H and O–H groups in total. The quantitative estimate of drug-likeness (QED) is 0.801. The summed E-state index contributed by atoms with van der Waals surface area (Å²) in [5, 5.41) is 1.42. The molecule has 0 bridgehead atoms. The second-order valence-corrected chi connectivity index (χ2v) is 6.78. The summed E-state index contributed by atoms with van der Waals surface area (Å²) in [4.78, 5) is 10.4. The van der Waals surface area contributed by atoms with E-state index < -0.39 is 0 Å². The largest absolute Gasteiger partial charge is 0.358 e. The molecule has 3 heteroatoms. The van der Waals surface area contributed by atoms with Crippen LogP contribution in [-0.2, 0) is 25.8 Å². The van der Waals surface area contributed by atoms with E-state index in [0.717, 1.165) is 32.4 Å². The molecule has 3 aromatic rings. The fourth-order valence-corrected chi connectivity index (χ4v) is 3.70. The molecule has 0 fully saturated rings. The number of aromatic nitrogens is 2. The van der Waals surface area contributed by atoms with Crippen molar-refractivity contribution in [2.24, 2.45) is 0 Å². The number of likely N-dealkylation sites (N-methyl/N-ethyl adjacent to an activating group) is 1. The number of aryl methyl sites for hydroxylation is 3. The van der Waals surface area contributed by atoms with Crippen LogP contribution >= 0.6 is 0 Å². The van der Waals surface area contributed by atoms with Crippen LogP contribution in [-0.4, -0.2) is 28.5 Å². The predicted molar refractivity (Wildman–Crippen MR) is 94.7 cm³/mol. The topological polar surface area (TPSA) is 31.9 Å². The predicted octanol–water partition coefficient (Wildman–Crippen LogP) is 3.64. The lowest BCUT2D eigenvalue weighted by Gasteiger charge is -2.22. The minimum atomic E-state index is 1.04. The molecule has 4 rings (SSSR count). The number of aromatic amines is 1. The highest BCUT2D eigenvalue weighted by atomic mass is 15.1. The van der Waals surface area contributed by atoms with Crippen LogP contribution in [0, 0.1) is 6.92 Å². The summed E-state index contributed by atoms with van der Waals surface area (Å²) in [6.07, 6.45) is 7.03. The van der Waals surface area contributed by atoms with Gasteiger partial charge in [0, 0.05) is 48.5 Å². The van der Waals surface area contributed by atoms with Crippen LogP contribution in [0.5, 0.6) is 0 Å². The fraction of sp³-hybridized carbons (Fsp3) is 0.350. The van der Waals surface area contributed by atoms with E-state index in [4.69, 9.17) is 0 Å². The van der Waals surface area contributed by atoms with Gasteiger partial charge >= 0.3 is 0 Å². The SMILES string of the molecule is Cc1cc(CCc2cccnc2)c2[nH]c3c(c2c1)CN(C)CC3. The zero-order chi connectivity index (χ0) is 15.8. The van der Waals surface area contributed by atoms with Crippen LogP contribution in [0.25, 0.3) is 10.9 Å². The molecule has 0 saturated heterocycles. The normalized spacial score (nSPS) is 15.0. The highest BCUT2D eigenvalue weighted by Crippen LogP contribution is 2.31. The summed E-state index contributed by atoms with van der Waals surface area (Å²) in [7, 11) is 2.21. The highest BCUT2D eigenvalue weighted by molar-refractivity contribution is 5.88. The van der Waals surface area contributed by atoms with Crippen LogP contribution < -0.4 is 0 Å². The minimum absolute atomic E-state index is 1.04. The van der Waals surface area contributed by atoms with Crippen molar-refractivity contribution in [2.45, 2.75) is 32.7 Å². The molecule has 1 aromatic carbocycles. The molecule has 0 saturated carbocycles. The van der Waals surface area contributed by atoms with Gasteiger partial charge in [-0.05, 0) is 55.6 Å². The van der Waals surface area contributed by atoms with E-state index in [1.165, 1.54) is 38.9 Å². The Labute approximate surface area is 137 Å². The van der Waals surface area contributed by atoms with Gasteiger partial charge in [0.05, 0.1) is 0 Å². The van der Waals surface area contributed by atoms with E-state index >= 15 is 0 Å². The molecule has 23 heavy (non-hydrogen) atoms. The lowest BCUT2D eigenvalue weighted by Crippen LogP contribution is -2.25. The summed E-state index contributed by atoms with van der Waals surface area (Å²) in [5.74, 6) is 0. The molecule has 3 nitrogen and oxygen atoms in total. The first-order chi connectivity index (χ1) is 11.2. The highest BCUT2D eigenvalue weighted by Gasteiger charge is 2.19.